The van der Waals surface area contributed by atoms with Crippen molar-refractivity contribution in [3.8, 4) is 11.5 Å². The molecular weight excluding hydrogens is 658 g/mol. The van der Waals surface area contributed by atoms with E-state index in [1.807, 2.05) is 48.5 Å². The van der Waals surface area contributed by atoms with E-state index in [0.717, 1.165) is 0 Å². The van der Waals surface area contributed by atoms with Crippen LogP contribution in [0.25, 0.3) is 0 Å². The second-order valence-electron chi connectivity index (χ2n) is 11.8. The highest BCUT2D eigenvalue weighted by molar-refractivity contribution is 7.87. The number of hydroxylamine groups is 2. The molecule has 2 unspecified atom stereocenters. The van der Waals surface area contributed by atoms with Crippen molar-refractivity contribution in [2.45, 2.75) is 23.4 Å². The molecular formula is C34H23N3O11S. The average Bonchev–Trinajstić information content (AvgIpc) is 3.61. The van der Waals surface area contributed by atoms with E-state index < -0.39 is 63.8 Å². The number of carbonyl (C=O) groups excluding carboxylic acids is 5. The van der Waals surface area contributed by atoms with Gasteiger partial charge >= 0.3 is 5.97 Å². The molecule has 4 aromatic rings. The Labute approximate surface area is 277 Å². The summed E-state index contributed by atoms with van der Waals surface area (Å²) in [6.07, 6.45) is -2.65. The van der Waals surface area contributed by atoms with Gasteiger partial charge < -0.3 is 14.7 Å². The molecule has 0 saturated carbocycles. The number of carbonyl (C=O) groups is 5. The van der Waals surface area contributed by atoms with Crippen molar-refractivity contribution in [2.75, 3.05) is 11.4 Å². The number of benzene rings is 4. The number of aliphatic hydroxyl groups is 1. The van der Waals surface area contributed by atoms with Gasteiger partial charge in [0.15, 0.2) is 11.5 Å². The highest BCUT2D eigenvalue weighted by Crippen LogP contribution is 2.58. The van der Waals surface area contributed by atoms with Crippen LogP contribution in [0.2, 0.25) is 0 Å². The van der Waals surface area contributed by atoms with Crippen LogP contribution >= 0.6 is 0 Å². The van der Waals surface area contributed by atoms with E-state index in [0.29, 0.717) is 38.7 Å². The summed E-state index contributed by atoms with van der Waals surface area (Å²) in [5, 5.41) is 8.09. The fourth-order valence-corrected chi connectivity index (χ4v) is 7.83. The minimum Gasteiger partial charge on any atom is -0.457 e. The standard InChI is InChI=1S/C34H23N3O11S/c38-28-16-27(49(44,45)46)33(43)37(28)48-29(39)17-35-30(40)19-14-13-18(15-21(19)31(35)41)36-32(42)20-7-1-2-8-22(20)34(36)23-9-3-5-11-25(23)47-26-12-6-4-10-24(26)34/h1-15,27-28,38H,16-17H2,(H,44,45,46). The smallest absolute Gasteiger partial charge is 0.352 e. The molecule has 0 aromatic heterocycles. The van der Waals surface area contributed by atoms with E-state index in [2.05, 4.69) is 0 Å². The molecule has 4 heterocycles. The first kappa shape index (κ1) is 30.4. The summed E-state index contributed by atoms with van der Waals surface area (Å²) in [5.74, 6) is -3.80. The molecule has 8 rings (SSSR count). The number of hydrogen-bond acceptors (Lipinski definition) is 10. The van der Waals surface area contributed by atoms with Gasteiger partial charge in [-0.25, -0.2) is 4.79 Å². The zero-order valence-electron chi connectivity index (χ0n) is 25.0. The van der Waals surface area contributed by atoms with Crippen LogP contribution < -0.4 is 9.64 Å². The van der Waals surface area contributed by atoms with Gasteiger partial charge in [-0.2, -0.15) is 8.42 Å². The molecule has 4 amide bonds. The number of anilines is 1. The first-order chi connectivity index (χ1) is 23.4. The summed E-state index contributed by atoms with van der Waals surface area (Å²) in [6, 6.07) is 26.1. The SMILES string of the molecule is O=C(CN1C(=O)c2ccc(N3C(=O)c4ccccc4C34c3ccccc3Oc3ccccc34)cc2C1=O)ON1C(=O)C(S(=O)(=O)O)CC1O. The van der Waals surface area contributed by atoms with E-state index in [9.17, 15) is 42.0 Å². The van der Waals surface area contributed by atoms with Crippen molar-refractivity contribution in [3.63, 3.8) is 0 Å². The lowest BCUT2D eigenvalue weighted by Crippen LogP contribution is -2.47. The number of imide groups is 1. The predicted molar refractivity (Wildman–Crippen MR) is 167 cm³/mol. The van der Waals surface area contributed by atoms with Crippen LogP contribution in [-0.2, 0) is 30.1 Å². The first-order valence-corrected chi connectivity index (χ1v) is 16.4. The Morgan fingerprint density at radius 2 is 1.39 bits per heavy atom. The molecule has 1 saturated heterocycles. The number of ether oxygens (including phenoxy) is 1. The average molecular weight is 682 g/mol. The first-order valence-electron chi connectivity index (χ1n) is 14.9. The topological polar surface area (TPSA) is 188 Å². The molecule has 4 aromatic carbocycles. The molecule has 246 valence electrons. The monoisotopic (exact) mass is 681 g/mol. The number of nitrogens with zero attached hydrogens (tertiary/aromatic N) is 3. The maximum atomic E-state index is 14.4. The number of fused-ring (bicyclic) bond motifs is 7. The van der Waals surface area contributed by atoms with Crippen molar-refractivity contribution < 1.29 is 51.6 Å². The fraction of sp³-hybridized carbons (Fsp3) is 0.147. The van der Waals surface area contributed by atoms with E-state index in [-0.39, 0.29) is 27.8 Å². The van der Waals surface area contributed by atoms with Crippen LogP contribution in [0.1, 0.15) is 54.2 Å². The molecule has 14 nitrogen and oxygen atoms in total. The maximum absolute atomic E-state index is 14.4. The molecule has 0 bridgehead atoms. The number of rotatable bonds is 5. The number of para-hydroxylation sites is 2. The Bertz CT molecular complexity index is 2240. The lowest BCUT2D eigenvalue weighted by Gasteiger charge is -2.44. The quantitative estimate of drug-likeness (QED) is 0.233. The minimum absolute atomic E-state index is 0.0590. The van der Waals surface area contributed by atoms with Crippen LogP contribution in [0.15, 0.2) is 91.0 Å². The fourth-order valence-electron chi connectivity index (χ4n) is 7.05. The number of amides is 4. The largest absolute Gasteiger partial charge is 0.457 e. The van der Waals surface area contributed by atoms with Gasteiger partial charge in [-0.05, 0) is 36.4 Å². The van der Waals surface area contributed by atoms with Gasteiger partial charge in [-0.3, -0.25) is 33.5 Å². The van der Waals surface area contributed by atoms with E-state index in [1.54, 1.807) is 29.2 Å². The molecule has 2 N–H and O–H groups in total. The summed E-state index contributed by atoms with van der Waals surface area (Å²) in [5.41, 5.74) is 1.35. The van der Waals surface area contributed by atoms with Crippen LogP contribution in [-0.4, -0.2) is 75.7 Å². The summed E-state index contributed by atoms with van der Waals surface area (Å²) >= 11 is 0. The second kappa shape index (κ2) is 10.6. The Hall–Kier alpha value is -5.90. The van der Waals surface area contributed by atoms with Crippen molar-refractivity contribution in [3.05, 3.63) is 124 Å². The Morgan fingerprint density at radius 1 is 0.796 bits per heavy atom. The van der Waals surface area contributed by atoms with E-state index in [1.165, 1.54) is 18.2 Å². The molecule has 2 atom stereocenters. The van der Waals surface area contributed by atoms with Gasteiger partial charge in [0.1, 0.15) is 23.6 Å². The summed E-state index contributed by atoms with van der Waals surface area (Å²) in [7, 11) is -4.90. The summed E-state index contributed by atoms with van der Waals surface area (Å²) in [6.45, 7) is -0.995. The zero-order valence-corrected chi connectivity index (χ0v) is 25.9. The Balaban J connectivity index is 1.16. The predicted octanol–water partition coefficient (Wildman–Crippen LogP) is 2.61. The zero-order chi connectivity index (χ0) is 34.4. The highest BCUT2D eigenvalue weighted by atomic mass is 32.2. The van der Waals surface area contributed by atoms with Gasteiger partial charge in [0, 0.05) is 34.4 Å². The summed E-state index contributed by atoms with van der Waals surface area (Å²) in [4.78, 5) is 73.5. The highest BCUT2D eigenvalue weighted by Gasteiger charge is 2.57. The van der Waals surface area contributed by atoms with Crippen molar-refractivity contribution in [1.29, 1.82) is 0 Å². The summed E-state index contributed by atoms with van der Waals surface area (Å²) < 4.78 is 38.5. The second-order valence-corrected chi connectivity index (χ2v) is 13.4. The molecule has 1 fully saturated rings. The van der Waals surface area contributed by atoms with Gasteiger partial charge in [-0.15, -0.1) is 5.06 Å². The lowest BCUT2D eigenvalue weighted by atomic mass is 9.74. The molecule has 0 aliphatic carbocycles. The molecule has 15 heteroatoms. The molecule has 4 aliphatic rings. The van der Waals surface area contributed by atoms with Gasteiger partial charge in [0.25, 0.3) is 33.7 Å². The van der Waals surface area contributed by atoms with Gasteiger partial charge in [-0.1, -0.05) is 54.6 Å². The van der Waals surface area contributed by atoms with E-state index in [4.69, 9.17) is 9.57 Å². The van der Waals surface area contributed by atoms with Crippen LogP contribution in [0.4, 0.5) is 5.69 Å². The third kappa shape index (κ3) is 4.26. The number of aliphatic hydroxyl groups excluding tert-OH is 1. The third-order valence-electron chi connectivity index (χ3n) is 9.11. The van der Waals surface area contributed by atoms with Crippen molar-refractivity contribution in [2.24, 2.45) is 0 Å². The molecule has 0 radical (unpaired) electrons. The molecule has 4 aliphatic heterocycles. The lowest BCUT2D eigenvalue weighted by molar-refractivity contribution is -0.220. The Morgan fingerprint density at radius 3 is 2.02 bits per heavy atom. The normalized spacial score (nSPS) is 20.2. The van der Waals surface area contributed by atoms with E-state index >= 15 is 0 Å². The van der Waals surface area contributed by atoms with Crippen LogP contribution in [0.5, 0.6) is 11.5 Å². The van der Waals surface area contributed by atoms with Crippen LogP contribution in [0, 0.1) is 0 Å². The number of hydrogen-bond donors (Lipinski definition) is 2. The van der Waals surface area contributed by atoms with Gasteiger partial charge in [0.05, 0.1) is 11.1 Å². The van der Waals surface area contributed by atoms with Gasteiger partial charge in [0.2, 0.25) is 0 Å². The molecule has 1 spiro atoms. The van der Waals surface area contributed by atoms with Crippen LogP contribution in [0.3, 0.4) is 0 Å². The maximum Gasteiger partial charge on any atom is 0.352 e. The third-order valence-corrected chi connectivity index (χ3v) is 10.2. The molecule has 49 heavy (non-hydrogen) atoms. The van der Waals surface area contributed by atoms with Crippen molar-refractivity contribution >= 4 is 45.4 Å². The minimum atomic E-state index is -4.90. The Kier molecular flexibility index (Phi) is 6.55. The van der Waals surface area contributed by atoms with Crippen molar-refractivity contribution in [1.82, 2.24) is 9.96 Å².